The van der Waals surface area contributed by atoms with Gasteiger partial charge >= 0.3 is 5.97 Å². The first-order valence-corrected chi connectivity index (χ1v) is 4.18. The summed E-state index contributed by atoms with van der Waals surface area (Å²) in [5.74, 6) is 0.00922. The molecule has 4 nitrogen and oxygen atoms in total. The summed E-state index contributed by atoms with van der Waals surface area (Å²) in [6.07, 6.45) is 1.73. The number of hydrogen-bond donors (Lipinski definition) is 0. The van der Waals surface area contributed by atoms with E-state index in [9.17, 15) is 9.59 Å². The van der Waals surface area contributed by atoms with Gasteiger partial charge in [-0.15, -0.1) is 0 Å². The summed E-state index contributed by atoms with van der Waals surface area (Å²) < 4.78 is 9.85. The average Bonchev–Trinajstić information content (AvgIpc) is 2.29. The Morgan fingerprint density at radius 2 is 2.13 bits per heavy atom. The van der Waals surface area contributed by atoms with E-state index in [4.69, 9.17) is 9.47 Å². The zero-order valence-electron chi connectivity index (χ0n) is 8.23. The molecular formula is C11H10O4. The van der Waals surface area contributed by atoms with E-state index in [1.54, 1.807) is 0 Å². The highest BCUT2D eigenvalue weighted by molar-refractivity contribution is 5.84. The van der Waals surface area contributed by atoms with Crippen molar-refractivity contribution in [2.24, 2.45) is 0 Å². The summed E-state index contributed by atoms with van der Waals surface area (Å²) in [4.78, 5) is 21.4. The van der Waals surface area contributed by atoms with Gasteiger partial charge in [0.05, 0.1) is 7.11 Å². The number of esters is 1. The molecule has 0 saturated heterocycles. The first-order chi connectivity index (χ1) is 7.21. The van der Waals surface area contributed by atoms with E-state index in [0.717, 1.165) is 6.08 Å². The lowest BCUT2D eigenvalue weighted by molar-refractivity contribution is -0.129. The van der Waals surface area contributed by atoms with Gasteiger partial charge in [-0.25, -0.2) is 4.79 Å². The maximum atomic E-state index is 10.9. The van der Waals surface area contributed by atoms with Crippen LogP contribution in [0.25, 0.3) is 0 Å². The third-order valence-corrected chi connectivity index (χ3v) is 1.70. The van der Waals surface area contributed by atoms with Gasteiger partial charge in [0, 0.05) is 11.6 Å². The summed E-state index contributed by atoms with van der Waals surface area (Å²) in [7, 11) is 1.43. The van der Waals surface area contributed by atoms with E-state index in [0.29, 0.717) is 17.6 Å². The number of rotatable bonds is 4. The van der Waals surface area contributed by atoms with Crippen LogP contribution in [0.3, 0.4) is 0 Å². The molecule has 0 aliphatic carbocycles. The number of benzene rings is 1. The highest BCUT2D eigenvalue weighted by atomic mass is 16.6. The maximum absolute atomic E-state index is 10.9. The van der Waals surface area contributed by atoms with Crippen LogP contribution in [0.4, 0.5) is 0 Å². The fourth-order valence-corrected chi connectivity index (χ4v) is 0.992. The lowest BCUT2D eigenvalue weighted by atomic mass is 10.2. The normalized spacial score (nSPS) is 9.13. The van der Waals surface area contributed by atoms with Crippen molar-refractivity contribution in [2.75, 3.05) is 7.11 Å². The number of hydrogen-bond acceptors (Lipinski definition) is 4. The fraction of sp³-hybridized carbons (Fsp3) is 0.0909. The molecular weight excluding hydrogens is 196 g/mol. The molecule has 0 N–H and O–H groups in total. The van der Waals surface area contributed by atoms with E-state index < -0.39 is 5.97 Å². The molecule has 1 rings (SSSR count). The second kappa shape index (κ2) is 4.95. The van der Waals surface area contributed by atoms with E-state index in [1.165, 1.54) is 25.3 Å². The van der Waals surface area contributed by atoms with Gasteiger partial charge in [-0.2, -0.15) is 0 Å². The molecule has 0 unspecified atom stereocenters. The molecule has 4 heteroatoms. The minimum absolute atomic E-state index is 0.257. The van der Waals surface area contributed by atoms with Gasteiger partial charge in [-0.3, -0.25) is 4.79 Å². The Hall–Kier alpha value is -2.10. The van der Waals surface area contributed by atoms with Crippen LogP contribution in [0.2, 0.25) is 0 Å². The second-order valence-corrected chi connectivity index (χ2v) is 2.65. The smallest absolute Gasteiger partial charge is 0.335 e. The molecule has 0 fully saturated rings. The minimum atomic E-state index is -0.577. The molecule has 0 amide bonds. The van der Waals surface area contributed by atoms with Crippen molar-refractivity contribution in [2.45, 2.75) is 0 Å². The number of ether oxygens (including phenoxy) is 2. The zero-order chi connectivity index (χ0) is 11.3. The molecule has 0 bridgehead atoms. The van der Waals surface area contributed by atoms with Crippen LogP contribution in [-0.4, -0.2) is 19.4 Å². The first kappa shape index (κ1) is 11.0. The molecule has 0 radical (unpaired) electrons. The van der Waals surface area contributed by atoms with Gasteiger partial charge in [0.25, 0.3) is 0 Å². The van der Waals surface area contributed by atoms with Crippen LogP contribution in [0.15, 0.2) is 30.9 Å². The van der Waals surface area contributed by atoms with Gasteiger partial charge in [0.15, 0.2) is 11.5 Å². The topological polar surface area (TPSA) is 52.6 Å². The number of aldehydes is 1. The number of methoxy groups -OCH3 is 1. The molecule has 78 valence electrons. The SMILES string of the molecule is C=CC(=O)Oc1ccc(C=O)cc1OC. The van der Waals surface area contributed by atoms with Gasteiger partial charge in [0.1, 0.15) is 6.29 Å². The molecule has 1 aromatic carbocycles. The van der Waals surface area contributed by atoms with Gasteiger partial charge < -0.3 is 9.47 Å². The van der Waals surface area contributed by atoms with E-state index in [1.807, 2.05) is 0 Å². The molecule has 0 aliphatic rings. The Labute approximate surface area is 87.1 Å². The van der Waals surface area contributed by atoms with Gasteiger partial charge in [-0.05, 0) is 18.2 Å². The predicted octanol–water partition coefficient (Wildman–Crippen LogP) is 1.60. The van der Waals surface area contributed by atoms with Crippen LogP contribution in [-0.2, 0) is 4.79 Å². The zero-order valence-corrected chi connectivity index (χ0v) is 8.23. The van der Waals surface area contributed by atoms with Gasteiger partial charge in [0.2, 0.25) is 0 Å². The summed E-state index contributed by atoms with van der Waals surface area (Å²) in [6, 6.07) is 4.50. The number of carbonyl (C=O) groups excluding carboxylic acids is 2. The molecule has 0 heterocycles. The standard InChI is InChI=1S/C11H10O4/c1-3-11(13)15-9-5-4-8(7-12)6-10(9)14-2/h3-7H,1H2,2H3. The quantitative estimate of drug-likeness (QED) is 0.325. The molecule has 0 aromatic heterocycles. The van der Waals surface area contributed by atoms with Crippen LogP contribution >= 0.6 is 0 Å². The van der Waals surface area contributed by atoms with E-state index in [2.05, 4.69) is 6.58 Å². The van der Waals surface area contributed by atoms with Crippen molar-refractivity contribution in [1.29, 1.82) is 0 Å². The Bertz CT molecular complexity index is 396. The second-order valence-electron chi connectivity index (χ2n) is 2.65. The van der Waals surface area contributed by atoms with Crippen molar-refractivity contribution in [3.63, 3.8) is 0 Å². The molecule has 15 heavy (non-hydrogen) atoms. The Kier molecular flexibility index (Phi) is 3.62. The number of carbonyl (C=O) groups is 2. The Balaban J connectivity index is 3.01. The molecule has 0 saturated carbocycles. The lowest BCUT2D eigenvalue weighted by Crippen LogP contribution is -2.04. The minimum Gasteiger partial charge on any atom is -0.493 e. The predicted molar refractivity (Wildman–Crippen MR) is 54.2 cm³/mol. The van der Waals surface area contributed by atoms with Crippen LogP contribution < -0.4 is 9.47 Å². The van der Waals surface area contributed by atoms with Gasteiger partial charge in [-0.1, -0.05) is 6.58 Å². The maximum Gasteiger partial charge on any atom is 0.335 e. The summed E-state index contributed by atoms with van der Waals surface area (Å²) in [5, 5.41) is 0. The van der Waals surface area contributed by atoms with Crippen molar-refractivity contribution < 1.29 is 19.1 Å². The lowest BCUT2D eigenvalue weighted by Gasteiger charge is -2.07. The fourth-order valence-electron chi connectivity index (χ4n) is 0.992. The average molecular weight is 206 g/mol. The Morgan fingerprint density at radius 3 is 2.67 bits per heavy atom. The third kappa shape index (κ3) is 2.67. The molecule has 0 atom stereocenters. The molecule has 0 spiro atoms. The largest absolute Gasteiger partial charge is 0.493 e. The Morgan fingerprint density at radius 1 is 1.40 bits per heavy atom. The summed E-state index contributed by atoms with van der Waals surface area (Å²) in [5.41, 5.74) is 0.449. The molecule has 1 aromatic rings. The van der Waals surface area contributed by atoms with Crippen LogP contribution in [0.1, 0.15) is 10.4 Å². The molecule has 0 aliphatic heterocycles. The summed E-state index contributed by atoms with van der Waals surface area (Å²) in [6.45, 7) is 3.27. The van der Waals surface area contributed by atoms with Crippen LogP contribution in [0, 0.1) is 0 Å². The van der Waals surface area contributed by atoms with Crippen molar-refractivity contribution in [1.82, 2.24) is 0 Å². The van der Waals surface area contributed by atoms with Crippen LogP contribution in [0.5, 0.6) is 11.5 Å². The monoisotopic (exact) mass is 206 g/mol. The van der Waals surface area contributed by atoms with E-state index >= 15 is 0 Å². The highest BCUT2D eigenvalue weighted by Gasteiger charge is 2.08. The van der Waals surface area contributed by atoms with Crippen molar-refractivity contribution >= 4 is 12.3 Å². The summed E-state index contributed by atoms with van der Waals surface area (Å²) >= 11 is 0. The highest BCUT2D eigenvalue weighted by Crippen LogP contribution is 2.27. The first-order valence-electron chi connectivity index (χ1n) is 4.18. The van der Waals surface area contributed by atoms with Crippen molar-refractivity contribution in [3.05, 3.63) is 36.4 Å². The van der Waals surface area contributed by atoms with Crippen molar-refractivity contribution in [3.8, 4) is 11.5 Å². The van der Waals surface area contributed by atoms with E-state index in [-0.39, 0.29) is 5.75 Å². The third-order valence-electron chi connectivity index (χ3n) is 1.70.